The molecule has 108 valence electrons. The first-order valence-electron chi connectivity index (χ1n) is 6.78. The number of amides is 1. The molecule has 0 radical (unpaired) electrons. The van der Waals surface area contributed by atoms with E-state index in [0.29, 0.717) is 30.3 Å². The van der Waals surface area contributed by atoms with Gasteiger partial charge in [-0.25, -0.2) is 0 Å². The third-order valence-corrected chi connectivity index (χ3v) is 3.60. The van der Waals surface area contributed by atoms with Crippen molar-refractivity contribution in [2.45, 2.75) is 18.9 Å². The molecule has 1 amide bonds. The van der Waals surface area contributed by atoms with Gasteiger partial charge in [-0.15, -0.1) is 0 Å². The van der Waals surface area contributed by atoms with Crippen molar-refractivity contribution >= 4 is 5.91 Å². The number of hydrogen-bond donors (Lipinski definition) is 1. The van der Waals surface area contributed by atoms with E-state index in [-0.39, 0.29) is 25.3 Å². The zero-order chi connectivity index (χ0) is 13.9. The number of piperidine rings is 1. The average molecular weight is 278 g/mol. The zero-order valence-corrected chi connectivity index (χ0v) is 11.2. The maximum absolute atomic E-state index is 12.0. The van der Waals surface area contributed by atoms with Gasteiger partial charge in [-0.2, -0.15) is 0 Å². The van der Waals surface area contributed by atoms with E-state index in [1.807, 2.05) is 0 Å². The van der Waals surface area contributed by atoms with Crippen LogP contribution in [-0.2, 0) is 4.79 Å². The van der Waals surface area contributed by atoms with E-state index < -0.39 is 0 Å². The van der Waals surface area contributed by atoms with Crippen LogP contribution in [0.1, 0.15) is 12.8 Å². The van der Waals surface area contributed by atoms with Crippen molar-refractivity contribution in [1.29, 1.82) is 0 Å². The van der Waals surface area contributed by atoms with E-state index in [4.69, 9.17) is 19.9 Å². The maximum Gasteiger partial charge on any atom is 0.260 e. The fourth-order valence-corrected chi connectivity index (χ4v) is 2.35. The lowest BCUT2D eigenvalue weighted by Crippen LogP contribution is -2.44. The molecule has 20 heavy (non-hydrogen) atoms. The van der Waals surface area contributed by atoms with Crippen LogP contribution in [0.4, 0.5) is 0 Å². The predicted molar refractivity (Wildman–Crippen MR) is 71.8 cm³/mol. The molecule has 0 aliphatic carbocycles. The third kappa shape index (κ3) is 2.80. The van der Waals surface area contributed by atoms with Crippen LogP contribution in [0.15, 0.2) is 18.2 Å². The fraction of sp³-hybridized carbons (Fsp3) is 0.500. The van der Waals surface area contributed by atoms with Gasteiger partial charge in [0.25, 0.3) is 5.91 Å². The number of likely N-dealkylation sites (tertiary alicyclic amines) is 1. The van der Waals surface area contributed by atoms with Crippen LogP contribution in [0, 0.1) is 0 Å². The van der Waals surface area contributed by atoms with Crippen LogP contribution in [-0.4, -0.2) is 43.3 Å². The molecule has 2 aliphatic heterocycles. The van der Waals surface area contributed by atoms with Crippen molar-refractivity contribution in [1.82, 2.24) is 4.90 Å². The number of rotatable bonds is 3. The van der Waals surface area contributed by atoms with Gasteiger partial charge in [-0.3, -0.25) is 4.79 Å². The number of hydrogen-bond acceptors (Lipinski definition) is 5. The molecule has 2 heterocycles. The summed E-state index contributed by atoms with van der Waals surface area (Å²) in [5.74, 6) is 1.96. The molecule has 3 rings (SSSR count). The largest absolute Gasteiger partial charge is 0.484 e. The standard InChI is InChI=1S/C14H18N2O4/c15-10-3-5-16(6-4-10)14(17)8-18-11-1-2-12-13(7-11)20-9-19-12/h1-2,7,10H,3-6,8-9,15H2. The topological polar surface area (TPSA) is 74.0 Å². The summed E-state index contributed by atoms with van der Waals surface area (Å²) in [7, 11) is 0. The Labute approximate surface area is 117 Å². The Hall–Kier alpha value is -1.95. The summed E-state index contributed by atoms with van der Waals surface area (Å²) in [6.45, 7) is 1.69. The summed E-state index contributed by atoms with van der Waals surface area (Å²) in [5, 5.41) is 0. The van der Waals surface area contributed by atoms with Gasteiger partial charge >= 0.3 is 0 Å². The molecule has 0 bridgehead atoms. The second kappa shape index (κ2) is 5.58. The van der Waals surface area contributed by atoms with Crippen LogP contribution >= 0.6 is 0 Å². The van der Waals surface area contributed by atoms with Gasteiger partial charge in [0, 0.05) is 25.2 Å². The van der Waals surface area contributed by atoms with Crippen molar-refractivity contribution in [3.8, 4) is 17.2 Å². The first kappa shape index (κ1) is 13.1. The molecule has 0 aromatic heterocycles. The number of carbonyl (C=O) groups excluding carboxylic acids is 1. The Morgan fingerprint density at radius 1 is 1.30 bits per heavy atom. The van der Waals surface area contributed by atoms with E-state index in [1.54, 1.807) is 23.1 Å². The normalized spacial score (nSPS) is 18.1. The molecular weight excluding hydrogens is 260 g/mol. The third-order valence-electron chi connectivity index (χ3n) is 3.60. The summed E-state index contributed by atoms with van der Waals surface area (Å²) in [4.78, 5) is 13.8. The Kier molecular flexibility index (Phi) is 3.64. The molecule has 0 spiro atoms. The van der Waals surface area contributed by atoms with E-state index in [2.05, 4.69) is 0 Å². The Morgan fingerprint density at radius 3 is 2.85 bits per heavy atom. The molecular formula is C14H18N2O4. The van der Waals surface area contributed by atoms with Crippen LogP contribution in [0.2, 0.25) is 0 Å². The number of benzene rings is 1. The molecule has 1 aromatic carbocycles. The van der Waals surface area contributed by atoms with E-state index >= 15 is 0 Å². The molecule has 1 aromatic rings. The van der Waals surface area contributed by atoms with Gasteiger partial charge in [0.2, 0.25) is 6.79 Å². The monoisotopic (exact) mass is 278 g/mol. The highest BCUT2D eigenvalue weighted by Crippen LogP contribution is 2.35. The summed E-state index contributed by atoms with van der Waals surface area (Å²) in [5.41, 5.74) is 5.82. The zero-order valence-electron chi connectivity index (χ0n) is 11.2. The summed E-state index contributed by atoms with van der Waals surface area (Å²) in [6, 6.07) is 5.50. The Bertz CT molecular complexity index is 498. The van der Waals surface area contributed by atoms with Gasteiger partial charge in [0.15, 0.2) is 18.1 Å². The van der Waals surface area contributed by atoms with Crippen molar-refractivity contribution in [2.24, 2.45) is 5.73 Å². The first-order valence-corrected chi connectivity index (χ1v) is 6.78. The fourth-order valence-electron chi connectivity index (χ4n) is 2.35. The number of carbonyl (C=O) groups is 1. The van der Waals surface area contributed by atoms with Crippen molar-refractivity contribution in [3.63, 3.8) is 0 Å². The molecule has 0 saturated carbocycles. The maximum atomic E-state index is 12.0. The van der Waals surface area contributed by atoms with Crippen LogP contribution in [0.5, 0.6) is 17.2 Å². The summed E-state index contributed by atoms with van der Waals surface area (Å²) >= 11 is 0. The minimum absolute atomic E-state index is 0.00503. The predicted octanol–water partition coefficient (Wildman–Crippen LogP) is 0.744. The molecule has 2 aliphatic rings. The second-order valence-electron chi connectivity index (χ2n) is 5.02. The Balaban J connectivity index is 1.53. The van der Waals surface area contributed by atoms with Crippen LogP contribution < -0.4 is 19.9 Å². The highest BCUT2D eigenvalue weighted by molar-refractivity contribution is 5.77. The number of nitrogens with two attached hydrogens (primary N) is 1. The number of fused-ring (bicyclic) bond motifs is 1. The summed E-state index contributed by atoms with van der Waals surface area (Å²) in [6.07, 6.45) is 1.71. The highest BCUT2D eigenvalue weighted by Gasteiger charge is 2.21. The van der Waals surface area contributed by atoms with Crippen molar-refractivity contribution < 1.29 is 19.0 Å². The minimum Gasteiger partial charge on any atom is -0.484 e. The van der Waals surface area contributed by atoms with Gasteiger partial charge in [-0.1, -0.05) is 0 Å². The lowest BCUT2D eigenvalue weighted by molar-refractivity contribution is -0.134. The SMILES string of the molecule is NC1CCN(C(=O)COc2ccc3c(c2)OCO3)CC1. The van der Waals surface area contributed by atoms with E-state index in [1.165, 1.54) is 0 Å². The molecule has 1 fully saturated rings. The van der Waals surface area contributed by atoms with E-state index in [9.17, 15) is 4.79 Å². The molecule has 2 N–H and O–H groups in total. The van der Waals surface area contributed by atoms with E-state index in [0.717, 1.165) is 12.8 Å². The molecule has 6 nitrogen and oxygen atoms in total. The molecule has 1 saturated heterocycles. The summed E-state index contributed by atoms with van der Waals surface area (Å²) < 4.78 is 16.0. The van der Waals surface area contributed by atoms with Gasteiger partial charge in [0.05, 0.1) is 0 Å². The quantitative estimate of drug-likeness (QED) is 0.883. The molecule has 0 atom stereocenters. The van der Waals surface area contributed by atoms with Crippen LogP contribution in [0.25, 0.3) is 0 Å². The van der Waals surface area contributed by atoms with Crippen LogP contribution in [0.3, 0.4) is 0 Å². The van der Waals surface area contributed by atoms with Crippen molar-refractivity contribution in [2.75, 3.05) is 26.5 Å². The molecule has 6 heteroatoms. The van der Waals surface area contributed by atoms with Gasteiger partial charge in [0.1, 0.15) is 5.75 Å². The second-order valence-corrected chi connectivity index (χ2v) is 5.02. The number of ether oxygens (including phenoxy) is 3. The Morgan fingerprint density at radius 2 is 2.05 bits per heavy atom. The average Bonchev–Trinajstić information content (AvgIpc) is 2.93. The highest BCUT2D eigenvalue weighted by atomic mass is 16.7. The van der Waals surface area contributed by atoms with Gasteiger partial charge < -0.3 is 24.8 Å². The lowest BCUT2D eigenvalue weighted by Gasteiger charge is -2.30. The smallest absolute Gasteiger partial charge is 0.260 e. The molecule has 0 unspecified atom stereocenters. The first-order chi connectivity index (χ1) is 9.72. The number of nitrogens with zero attached hydrogens (tertiary/aromatic N) is 1. The van der Waals surface area contributed by atoms with Gasteiger partial charge in [-0.05, 0) is 25.0 Å². The van der Waals surface area contributed by atoms with Crippen molar-refractivity contribution in [3.05, 3.63) is 18.2 Å². The lowest BCUT2D eigenvalue weighted by atomic mass is 10.1. The minimum atomic E-state index is -0.00503.